The number of hydrogen-bond acceptors (Lipinski definition) is 5. The van der Waals surface area contributed by atoms with Crippen LogP contribution in [0, 0.1) is 0 Å². The number of nitrogens with one attached hydrogen (secondary N) is 1. The normalized spacial score (nSPS) is 12.6. The van der Waals surface area contributed by atoms with Gasteiger partial charge in [0.25, 0.3) is 5.91 Å². The van der Waals surface area contributed by atoms with Crippen molar-refractivity contribution in [3.05, 3.63) is 46.9 Å². The lowest BCUT2D eigenvalue weighted by molar-refractivity contribution is 0.102. The molecule has 0 bridgehead atoms. The SMILES string of the molecule is Cn1ncc2c1CCc1sc(NC(=O)c3ccccn3)nc1-2. The van der Waals surface area contributed by atoms with E-state index < -0.39 is 0 Å². The third kappa shape index (κ3) is 2.10. The Kier molecular flexibility index (Phi) is 3.00. The van der Waals surface area contributed by atoms with Gasteiger partial charge in [-0.3, -0.25) is 19.8 Å². The molecule has 0 radical (unpaired) electrons. The van der Waals surface area contributed by atoms with Gasteiger partial charge in [-0.15, -0.1) is 11.3 Å². The molecular weight excluding hydrogens is 298 g/mol. The maximum Gasteiger partial charge on any atom is 0.276 e. The standard InChI is InChI=1S/C15H13N5OS/c1-20-11-5-6-12-13(9(11)8-17-20)18-15(22-12)19-14(21)10-4-2-3-7-16-10/h2-4,7-8H,5-6H2,1H3,(H,18,19,21). The van der Waals surface area contributed by atoms with E-state index in [2.05, 4.69) is 20.4 Å². The van der Waals surface area contributed by atoms with Crippen LogP contribution in [0.2, 0.25) is 0 Å². The molecule has 1 amide bonds. The van der Waals surface area contributed by atoms with Crippen LogP contribution in [0.15, 0.2) is 30.6 Å². The minimum absolute atomic E-state index is 0.238. The number of carbonyl (C=O) groups is 1. The highest BCUT2D eigenvalue weighted by molar-refractivity contribution is 7.16. The molecule has 0 unspecified atom stereocenters. The van der Waals surface area contributed by atoms with Crippen LogP contribution in [0.1, 0.15) is 21.1 Å². The van der Waals surface area contributed by atoms with E-state index in [-0.39, 0.29) is 5.91 Å². The number of aryl methyl sites for hydroxylation is 2. The Labute approximate surface area is 130 Å². The Morgan fingerprint density at radius 1 is 1.36 bits per heavy atom. The van der Waals surface area contributed by atoms with Crippen molar-refractivity contribution in [3.63, 3.8) is 0 Å². The number of thiazole rings is 1. The van der Waals surface area contributed by atoms with Crippen molar-refractivity contribution in [2.24, 2.45) is 7.05 Å². The van der Waals surface area contributed by atoms with E-state index in [0.29, 0.717) is 10.8 Å². The van der Waals surface area contributed by atoms with Crippen LogP contribution in [-0.2, 0) is 19.9 Å². The second-order valence-corrected chi connectivity index (χ2v) is 6.17. The summed E-state index contributed by atoms with van der Waals surface area (Å²) < 4.78 is 1.89. The van der Waals surface area contributed by atoms with Gasteiger partial charge in [-0.1, -0.05) is 6.07 Å². The highest BCUT2D eigenvalue weighted by Gasteiger charge is 2.24. The topological polar surface area (TPSA) is 72.7 Å². The Bertz CT molecular complexity index is 852. The van der Waals surface area contributed by atoms with E-state index in [0.717, 1.165) is 24.1 Å². The lowest BCUT2D eigenvalue weighted by Crippen LogP contribution is -2.13. The number of nitrogens with zero attached hydrogens (tertiary/aromatic N) is 4. The molecule has 4 rings (SSSR count). The molecule has 0 atom stereocenters. The molecule has 6 nitrogen and oxygen atoms in total. The first kappa shape index (κ1) is 13.1. The number of pyridine rings is 1. The average molecular weight is 311 g/mol. The summed E-state index contributed by atoms with van der Waals surface area (Å²) in [4.78, 5) is 22.0. The van der Waals surface area contributed by atoms with E-state index >= 15 is 0 Å². The Hall–Kier alpha value is -2.54. The third-order valence-electron chi connectivity index (χ3n) is 3.72. The first-order valence-corrected chi connectivity index (χ1v) is 7.77. The van der Waals surface area contributed by atoms with Crippen molar-refractivity contribution in [2.45, 2.75) is 12.8 Å². The van der Waals surface area contributed by atoms with Gasteiger partial charge in [-0.05, 0) is 25.0 Å². The summed E-state index contributed by atoms with van der Waals surface area (Å²) in [5, 5.41) is 7.74. The number of rotatable bonds is 2. The molecule has 3 heterocycles. The second kappa shape index (κ2) is 5.03. The zero-order chi connectivity index (χ0) is 15.1. The fourth-order valence-corrected chi connectivity index (χ4v) is 3.60. The third-order valence-corrected chi connectivity index (χ3v) is 4.75. The summed E-state index contributed by atoms with van der Waals surface area (Å²) in [6.45, 7) is 0. The van der Waals surface area contributed by atoms with Crippen LogP contribution in [0.25, 0.3) is 11.3 Å². The van der Waals surface area contributed by atoms with Crippen molar-refractivity contribution in [3.8, 4) is 11.3 Å². The predicted molar refractivity (Wildman–Crippen MR) is 83.9 cm³/mol. The van der Waals surface area contributed by atoms with Crippen LogP contribution in [0.5, 0.6) is 0 Å². The molecule has 1 aliphatic carbocycles. The number of anilines is 1. The zero-order valence-corrected chi connectivity index (χ0v) is 12.7. The largest absolute Gasteiger partial charge is 0.296 e. The number of amides is 1. The van der Waals surface area contributed by atoms with E-state index in [1.165, 1.54) is 21.9 Å². The lowest BCUT2D eigenvalue weighted by Gasteiger charge is -2.10. The number of carbonyl (C=O) groups excluding carboxylic acids is 1. The van der Waals surface area contributed by atoms with Crippen molar-refractivity contribution >= 4 is 22.4 Å². The number of aromatic nitrogens is 4. The maximum atomic E-state index is 12.2. The van der Waals surface area contributed by atoms with E-state index in [9.17, 15) is 4.79 Å². The Balaban J connectivity index is 1.64. The number of hydrogen-bond donors (Lipinski definition) is 1. The quantitative estimate of drug-likeness (QED) is 0.788. The van der Waals surface area contributed by atoms with Crippen molar-refractivity contribution in [2.75, 3.05) is 5.32 Å². The van der Waals surface area contributed by atoms with Gasteiger partial charge >= 0.3 is 0 Å². The molecule has 110 valence electrons. The summed E-state index contributed by atoms with van der Waals surface area (Å²) in [7, 11) is 1.94. The van der Waals surface area contributed by atoms with Gasteiger partial charge in [0.05, 0.1) is 11.9 Å². The molecule has 22 heavy (non-hydrogen) atoms. The molecule has 0 aromatic carbocycles. The molecular formula is C15H13N5OS. The molecule has 7 heteroatoms. The van der Waals surface area contributed by atoms with Gasteiger partial charge < -0.3 is 0 Å². The lowest BCUT2D eigenvalue weighted by atomic mass is 10.0. The van der Waals surface area contributed by atoms with Gasteiger partial charge in [0.15, 0.2) is 5.13 Å². The molecule has 3 aromatic rings. The van der Waals surface area contributed by atoms with Crippen LogP contribution in [0.4, 0.5) is 5.13 Å². The fourth-order valence-electron chi connectivity index (χ4n) is 2.63. The van der Waals surface area contributed by atoms with Crippen LogP contribution >= 0.6 is 11.3 Å². The molecule has 0 saturated heterocycles. The van der Waals surface area contributed by atoms with Gasteiger partial charge in [0.2, 0.25) is 0 Å². The van der Waals surface area contributed by atoms with Crippen molar-refractivity contribution < 1.29 is 4.79 Å². The second-order valence-electron chi connectivity index (χ2n) is 5.09. The number of fused-ring (bicyclic) bond motifs is 3. The van der Waals surface area contributed by atoms with Crippen LogP contribution < -0.4 is 5.32 Å². The Morgan fingerprint density at radius 3 is 3.09 bits per heavy atom. The molecule has 0 fully saturated rings. The minimum atomic E-state index is -0.238. The molecule has 0 aliphatic heterocycles. The smallest absolute Gasteiger partial charge is 0.276 e. The zero-order valence-electron chi connectivity index (χ0n) is 11.9. The van der Waals surface area contributed by atoms with E-state index in [1.807, 2.05) is 17.9 Å². The monoisotopic (exact) mass is 311 g/mol. The average Bonchev–Trinajstić information content (AvgIpc) is 3.11. The van der Waals surface area contributed by atoms with Crippen molar-refractivity contribution in [1.29, 1.82) is 0 Å². The first-order valence-electron chi connectivity index (χ1n) is 6.95. The summed E-state index contributed by atoms with van der Waals surface area (Å²) >= 11 is 1.52. The molecule has 1 N–H and O–H groups in total. The first-order chi connectivity index (χ1) is 10.7. The van der Waals surface area contributed by atoms with E-state index in [1.54, 1.807) is 24.4 Å². The summed E-state index contributed by atoms with van der Waals surface area (Å²) in [5.41, 5.74) is 3.59. The maximum absolute atomic E-state index is 12.2. The fraction of sp³-hybridized carbons (Fsp3) is 0.200. The summed E-state index contributed by atoms with van der Waals surface area (Å²) in [6.07, 6.45) is 5.33. The summed E-state index contributed by atoms with van der Waals surface area (Å²) in [6, 6.07) is 5.25. The molecule has 1 aliphatic rings. The molecule has 3 aromatic heterocycles. The predicted octanol–water partition coefficient (Wildman–Crippen LogP) is 2.29. The summed E-state index contributed by atoms with van der Waals surface area (Å²) in [5.74, 6) is -0.238. The van der Waals surface area contributed by atoms with Crippen LogP contribution in [0.3, 0.4) is 0 Å². The van der Waals surface area contributed by atoms with Gasteiger partial charge in [0, 0.05) is 29.4 Å². The minimum Gasteiger partial charge on any atom is -0.296 e. The van der Waals surface area contributed by atoms with Gasteiger partial charge in [0.1, 0.15) is 5.69 Å². The molecule has 0 saturated carbocycles. The molecule has 0 spiro atoms. The van der Waals surface area contributed by atoms with Crippen molar-refractivity contribution in [1.82, 2.24) is 19.7 Å². The highest BCUT2D eigenvalue weighted by Crippen LogP contribution is 2.37. The van der Waals surface area contributed by atoms with Gasteiger partial charge in [-0.25, -0.2) is 4.98 Å². The van der Waals surface area contributed by atoms with Gasteiger partial charge in [-0.2, -0.15) is 5.10 Å². The Morgan fingerprint density at radius 2 is 2.27 bits per heavy atom. The van der Waals surface area contributed by atoms with Crippen LogP contribution in [-0.4, -0.2) is 25.7 Å². The van der Waals surface area contributed by atoms with E-state index in [4.69, 9.17) is 0 Å². The highest BCUT2D eigenvalue weighted by atomic mass is 32.1.